The number of nitrogens with one attached hydrogen (secondary N) is 1. The van der Waals surface area contributed by atoms with Gasteiger partial charge in [-0.15, -0.1) is 0 Å². The fraction of sp³-hybridized carbons (Fsp3) is 0.857. The fourth-order valence-electron chi connectivity index (χ4n) is 2.97. The number of nitrogens with zero attached hydrogens (tertiary/aromatic N) is 2. The second kappa shape index (κ2) is 6.89. The number of hydrogen-bond acceptors (Lipinski definition) is 3. The van der Waals surface area contributed by atoms with Gasteiger partial charge >= 0.3 is 0 Å². The molecular formula is C14H25N3O2. The van der Waals surface area contributed by atoms with Crippen LogP contribution in [0, 0.1) is 0 Å². The summed E-state index contributed by atoms with van der Waals surface area (Å²) in [5.41, 5.74) is 0. The van der Waals surface area contributed by atoms with Gasteiger partial charge in [-0.25, -0.2) is 0 Å². The number of carbonyl (C=O) groups is 2. The van der Waals surface area contributed by atoms with Crippen molar-refractivity contribution in [3.63, 3.8) is 0 Å². The molecular weight excluding hydrogens is 242 g/mol. The van der Waals surface area contributed by atoms with Crippen LogP contribution in [0.1, 0.15) is 39.0 Å². The summed E-state index contributed by atoms with van der Waals surface area (Å²) in [6.45, 7) is 6.04. The lowest BCUT2D eigenvalue weighted by atomic mass is 10.00. The van der Waals surface area contributed by atoms with Crippen molar-refractivity contribution in [2.75, 3.05) is 32.7 Å². The van der Waals surface area contributed by atoms with Gasteiger partial charge in [-0.3, -0.25) is 9.59 Å². The van der Waals surface area contributed by atoms with Crippen LogP contribution in [0.2, 0.25) is 0 Å². The summed E-state index contributed by atoms with van der Waals surface area (Å²) in [6, 6.07) is -0.209. The molecule has 0 aromatic carbocycles. The fourth-order valence-corrected chi connectivity index (χ4v) is 2.97. The summed E-state index contributed by atoms with van der Waals surface area (Å²) in [7, 11) is 0. The topological polar surface area (TPSA) is 52.7 Å². The molecule has 1 N–H and O–H groups in total. The van der Waals surface area contributed by atoms with Gasteiger partial charge in [-0.2, -0.15) is 0 Å². The van der Waals surface area contributed by atoms with Crippen molar-refractivity contribution in [2.24, 2.45) is 0 Å². The van der Waals surface area contributed by atoms with Gasteiger partial charge in [0, 0.05) is 32.6 Å². The number of rotatable bonds is 2. The Morgan fingerprint density at radius 1 is 1.11 bits per heavy atom. The standard InChI is InChI=1S/C14H25N3O2/c1-2-13(18)17-10-4-3-6-12(17)14(19)16-9-5-7-15-8-11-16/h12,15H,2-11H2,1H3. The summed E-state index contributed by atoms with van der Waals surface area (Å²) in [4.78, 5) is 28.4. The first-order valence-electron chi connectivity index (χ1n) is 7.53. The van der Waals surface area contributed by atoms with E-state index in [1.165, 1.54) is 0 Å². The van der Waals surface area contributed by atoms with Gasteiger partial charge in [0.05, 0.1) is 0 Å². The molecule has 2 amide bonds. The number of piperidine rings is 1. The molecule has 19 heavy (non-hydrogen) atoms. The predicted molar refractivity (Wildman–Crippen MR) is 73.7 cm³/mol. The van der Waals surface area contributed by atoms with Crippen LogP contribution < -0.4 is 5.32 Å². The van der Waals surface area contributed by atoms with Crippen molar-refractivity contribution in [1.29, 1.82) is 0 Å². The van der Waals surface area contributed by atoms with E-state index in [2.05, 4.69) is 5.32 Å². The highest BCUT2D eigenvalue weighted by Crippen LogP contribution is 2.20. The highest BCUT2D eigenvalue weighted by Gasteiger charge is 2.34. The maximum atomic E-state index is 12.6. The van der Waals surface area contributed by atoms with Gasteiger partial charge in [0.25, 0.3) is 0 Å². The Kier molecular flexibility index (Phi) is 5.19. The molecule has 1 atom stereocenters. The Labute approximate surface area is 115 Å². The molecule has 2 saturated heterocycles. The smallest absolute Gasteiger partial charge is 0.245 e. The summed E-state index contributed by atoms with van der Waals surface area (Å²) in [5, 5.41) is 3.31. The number of likely N-dealkylation sites (tertiary alicyclic amines) is 1. The van der Waals surface area contributed by atoms with E-state index < -0.39 is 0 Å². The van der Waals surface area contributed by atoms with Crippen molar-refractivity contribution in [3.8, 4) is 0 Å². The molecule has 0 saturated carbocycles. The minimum absolute atomic E-state index is 0.117. The van der Waals surface area contributed by atoms with E-state index in [0.717, 1.165) is 58.4 Å². The summed E-state index contributed by atoms with van der Waals surface area (Å²) >= 11 is 0. The zero-order valence-corrected chi connectivity index (χ0v) is 11.9. The average molecular weight is 267 g/mol. The van der Waals surface area contributed by atoms with Crippen molar-refractivity contribution < 1.29 is 9.59 Å². The molecule has 1 unspecified atom stereocenters. The van der Waals surface area contributed by atoms with E-state index in [-0.39, 0.29) is 17.9 Å². The quantitative estimate of drug-likeness (QED) is 0.797. The first kappa shape index (κ1) is 14.3. The Hall–Kier alpha value is -1.10. The number of hydrogen-bond donors (Lipinski definition) is 1. The van der Waals surface area contributed by atoms with Crippen molar-refractivity contribution >= 4 is 11.8 Å². The molecule has 2 aliphatic heterocycles. The van der Waals surface area contributed by atoms with E-state index >= 15 is 0 Å². The molecule has 5 heteroatoms. The maximum absolute atomic E-state index is 12.6. The van der Waals surface area contributed by atoms with Crippen LogP contribution in [-0.4, -0.2) is 60.4 Å². The van der Waals surface area contributed by atoms with E-state index in [1.54, 1.807) is 0 Å². The molecule has 2 aliphatic rings. The molecule has 0 bridgehead atoms. The third kappa shape index (κ3) is 3.47. The molecule has 2 fully saturated rings. The van der Waals surface area contributed by atoms with E-state index in [1.807, 2.05) is 16.7 Å². The van der Waals surface area contributed by atoms with Crippen LogP contribution >= 0.6 is 0 Å². The molecule has 0 aromatic rings. The molecule has 5 nitrogen and oxygen atoms in total. The maximum Gasteiger partial charge on any atom is 0.245 e. The Bertz CT molecular complexity index is 325. The SMILES string of the molecule is CCC(=O)N1CCCCC1C(=O)N1CCCNCC1. The monoisotopic (exact) mass is 267 g/mol. The van der Waals surface area contributed by atoms with E-state index in [0.29, 0.717) is 6.42 Å². The van der Waals surface area contributed by atoms with Crippen LogP contribution in [-0.2, 0) is 9.59 Å². The normalized spacial score (nSPS) is 25.0. The summed E-state index contributed by atoms with van der Waals surface area (Å²) in [5.74, 6) is 0.274. The lowest BCUT2D eigenvalue weighted by molar-refractivity contribution is -0.147. The molecule has 0 spiro atoms. The highest BCUT2D eigenvalue weighted by molar-refractivity contribution is 5.87. The van der Waals surface area contributed by atoms with Gasteiger partial charge in [0.2, 0.25) is 11.8 Å². The molecule has 2 rings (SSSR count). The van der Waals surface area contributed by atoms with Gasteiger partial charge in [0.1, 0.15) is 6.04 Å². The average Bonchev–Trinajstić information content (AvgIpc) is 2.74. The molecule has 0 aliphatic carbocycles. The predicted octanol–water partition coefficient (Wildman–Crippen LogP) is 0.599. The molecule has 0 radical (unpaired) electrons. The first-order chi connectivity index (χ1) is 9.24. The second-order valence-electron chi connectivity index (χ2n) is 5.38. The lowest BCUT2D eigenvalue weighted by Gasteiger charge is -2.37. The number of amides is 2. The van der Waals surface area contributed by atoms with Gasteiger partial charge in [-0.05, 0) is 32.2 Å². The number of carbonyl (C=O) groups excluding carboxylic acids is 2. The van der Waals surface area contributed by atoms with Gasteiger partial charge in [0.15, 0.2) is 0 Å². The molecule has 2 heterocycles. The highest BCUT2D eigenvalue weighted by atomic mass is 16.2. The largest absolute Gasteiger partial charge is 0.340 e. The first-order valence-corrected chi connectivity index (χ1v) is 7.53. The Balaban J connectivity index is 2.03. The van der Waals surface area contributed by atoms with Gasteiger partial charge < -0.3 is 15.1 Å². The summed E-state index contributed by atoms with van der Waals surface area (Å²) in [6.07, 6.45) is 4.40. The Morgan fingerprint density at radius 3 is 2.74 bits per heavy atom. The van der Waals surface area contributed by atoms with Crippen LogP contribution in [0.15, 0.2) is 0 Å². The Morgan fingerprint density at radius 2 is 1.95 bits per heavy atom. The second-order valence-corrected chi connectivity index (χ2v) is 5.38. The van der Waals surface area contributed by atoms with Crippen LogP contribution in [0.3, 0.4) is 0 Å². The van der Waals surface area contributed by atoms with Crippen molar-refractivity contribution in [3.05, 3.63) is 0 Å². The van der Waals surface area contributed by atoms with Crippen LogP contribution in [0.4, 0.5) is 0 Å². The minimum Gasteiger partial charge on any atom is -0.340 e. The molecule has 0 aromatic heterocycles. The zero-order chi connectivity index (χ0) is 13.7. The lowest BCUT2D eigenvalue weighted by Crippen LogP contribution is -2.53. The minimum atomic E-state index is -0.209. The zero-order valence-electron chi connectivity index (χ0n) is 11.9. The van der Waals surface area contributed by atoms with E-state index in [9.17, 15) is 9.59 Å². The third-order valence-electron chi connectivity index (χ3n) is 4.06. The van der Waals surface area contributed by atoms with Crippen molar-refractivity contribution in [1.82, 2.24) is 15.1 Å². The van der Waals surface area contributed by atoms with Gasteiger partial charge in [-0.1, -0.05) is 6.92 Å². The van der Waals surface area contributed by atoms with Crippen LogP contribution in [0.5, 0.6) is 0 Å². The third-order valence-corrected chi connectivity index (χ3v) is 4.06. The van der Waals surface area contributed by atoms with E-state index in [4.69, 9.17) is 0 Å². The van der Waals surface area contributed by atoms with Crippen molar-refractivity contribution in [2.45, 2.75) is 45.1 Å². The summed E-state index contributed by atoms with van der Waals surface area (Å²) < 4.78 is 0. The van der Waals surface area contributed by atoms with Crippen LogP contribution in [0.25, 0.3) is 0 Å². The molecule has 108 valence electrons.